The van der Waals surface area contributed by atoms with Gasteiger partial charge in [-0.05, 0) is 0 Å². The molecule has 0 aliphatic heterocycles. The fourth-order valence-corrected chi connectivity index (χ4v) is 0.0577. The van der Waals surface area contributed by atoms with Crippen LogP contribution in [0.1, 0.15) is 0 Å². The molecule has 0 fully saturated rings. The fraction of sp³-hybridized carbons (Fsp3) is 1.00. The molecule has 6 heteroatoms. The summed E-state index contributed by atoms with van der Waals surface area (Å²) in [6.07, 6.45) is -0.954. The zero-order chi connectivity index (χ0) is 4.99. The van der Waals surface area contributed by atoms with Crippen molar-refractivity contribution in [2.45, 2.75) is 6.10 Å². The van der Waals surface area contributed by atoms with Gasteiger partial charge in [0.05, 0.1) is 13.2 Å². The Hall–Kier alpha value is 1.26. The smallest absolute Gasteiger partial charge is 1.00 e. The van der Waals surface area contributed by atoms with E-state index in [0.717, 1.165) is 0 Å². The number of halogens is 2. The van der Waals surface area contributed by atoms with E-state index < -0.39 is 6.10 Å². The molecule has 9 heavy (non-hydrogen) atoms. The quantitative estimate of drug-likeness (QED) is 0.441. The van der Waals surface area contributed by atoms with Gasteiger partial charge in [-0.2, -0.15) is 0 Å². The molecule has 3 N–H and O–H groups in total. The van der Waals surface area contributed by atoms with Crippen molar-refractivity contribution in [3.63, 3.8) is 0 Å². The zero-order valence-electron chi connectivity index (χ0n) is 4.59. The maximum Gasteiger partial charge on any atom is 2.00 e. The van der Waals surface area contributed by atoms with Gasteiger partial charge in [-0.1, -0.05) is 0 Å². The van der Waals surface area contributed by atoms with Gasteiger partial charge in [0.25, 0.3) is 0 Å². The summed E-state index contributed by atoms with van der Waals surface area (Å²) in [5, 5.41) is 24.0. The summed E-state index contributed by atoms with van der Waals surface area (Å²) < 4.78 is 0. The molecule has 0 aromatic carbocycles. The Labute approximate surface area is 83.2 Å². The van der Waals surface area contributed by atoms with Crippen molar-refractivity contribution in [1.82, 2.24) is 0 Å². The van der Waals surface area contributed by atoms with Crippen LogP contribution in [0.25, 0.3) is 0 Å². The van der Waals surface area contributed by atoms with Crippen LogP contribution in [0.5, 0.6) is 0 Å². The first-order valence-electron chi connectivity index (χ1n) is 1.71. The number of hydrogen-bond donors (Lipinski definition) is 3. The molecular weight excluding hydrogens is 274 g/mol. The van der Waals surface area contributed by atoms with Crippen LogP contribution < -0.4 is 24.8 Å². The van der Waals surface area contributed by atoms with E-state index in [9.17, 15) is 0 Å². The van der Waals surface area contributed by atoms with Gasteiger partial charge in [-0.15, -0.1) is 0 Å². The second kappa shape index (κ2) is 16.1. The molecule has 0 amide bonds. The number of aliphatic hydroxyl groups is 3. The molecule has 0 rings (SSSR count). The number of aliphatic hydroxyl groups excluding tert-OH is 3. The van der Waals surface area contributed by atoms with Crippen molar-refractivity contribution in [3.8, 4) is 0 Å². The van der Waals surface area contributed by atoms with E-state index in [1.54, 1.807) is 0 Å². The van der Waals surface area contributed by atoms with E-state index in [2.05, 4.69) is 0 Å². The third-order valence-corrected chi connectivity index (χ3v) is 0.421. The topological polar surface area (TPSA) is 60.7 Å². The summed E-state index contributed by atoms with van der Waals surface area (Å²) >= 11 is 0. The summed E-state index contributed by atoms with van der Waals surface area (Å²) in [5.74, 6) is 0. The molecule has 56 valence electrons. The van der Waals surface area contributed by atoms with Gasteiger partial charge in [-0.25, -0.2) is 0 Å². The molecule has 0 saturated heterocycles. The Kier molecular flexibility index (Phi) is 40.2. The Morgan fingerprint density at radius 3 is 1.22 bits per heavy atom. The Balaban J connectivity index is -0.0000000417. The Morgan fingerprint density at radius 2 is 1.22 bits per heavy atom. The molecule has 0 aliphatic rings. The molecule has 0 aliphatic carbocycles. The standard InChI is InChI=1S/C3H8O3.2ClH.Sn/c4-1-3(6)2-5;;;/h3-6H,1-2H2;2*1H;/q;;;+2/p-2. The molecule has 0 atom stereocenters. The number of hydrogen-bond acceptors (Lipinski definition) is 3. The van der Waals surface area contributed by atoms with Crippen LogP contribution in [0.2, 0.25) is 0 Å². The molecule has 0 unspecified atom stereocenters. The van der Waals surface area contributed by atoms with Gasteiger partial charge in [0, 0.05) is 0 Å². The zero-order valence-corrected chi connectivity index (χ0v) is 8.96. The second-order valence-corrected chi connectivity index (χ2v) is 1.02. The maximum atomic E-state index is 8.17. The van der Waals surface area contributed by atoms with Crippen LogP contribution in [0.3, 0.4) is 0 Å². The van der Waals surface area contributed by atoms with E-state index in [4.69, 9.17) is 15.3 Å². The van der Waals surface area contributed by atoms with E-state index in [-0.39, 0.29) is 61.9 Å². The van der Waals surface area contributed by atoms with Gasteiger partial charge in [-0.3, -0.25) is 0 Å². The van der Waals surface area contributed by atoms with Gasteiger partial charge >= 0.3 is 23.9 Å². The van der Waals surface area contributed by atoms with E-state index >= 15 is 0 Å². The minimum absolute atomic E-state index is 0. The molecular formula is C3H8Cl2O3Sn. The van der Waals surface area contributed by atoms with Crippen molar-refractivity contribution in [2.24, 2.45) is 0 Å². The van der Waals surface area contributed by atoms with Crippen LogP contribution >= 0.6 is 0 Å². The SMILES string of the molecule is OCC(O)CO.[Cl-].[Cl-].[Sn+2]. The van der Waals surface area contributed by atoms with Crippen LogP contribution in [-0.2, 0) is 0 Å². The normalized spacial score (nSPS) is 6.67. The van der Waals surface area contributed by atoms with Crippen molar-refractivity contribution >= 4 is 23.9 Å². The van der Waals surface area contributed by atoms with Gasteiger partial charge in [0.15, 0.2) is 0 Å². The Bertz CT molecular complexity index is 36.2. The van der Waals surface area contributed by atoms with Crippen LogP contribution in [0.4, 0.5) is 0 Å². The average molecular weight is 282 g/mol. The molecule has 0 bridgehead atoms. The first-order valence-corrected chi connectivity index (χ1v) is 1.71. The van der Waals surface area contributed by atoms with Gasteiger partial charge < -0.3 is 40.1 Å². The molecule has 0 saturated carbocycles. The molecule has 0 aromatic heterocycles. The Morgan fingerprint density at radius 1 is 1.00 bits per heavy atom. The molecule has 3 nitrogen and oxygen atoms in total. The minimum Gasteiger partial charge on any atom is -1.00 e. The van der Waals surface area contributed by atoms with Gasteiger partial charge in [0.1, 0.15) is 6.10 Å². The first kappa shape index (κ1) is 22.5. The summed E-state index contributed by atoms with van der Waals surface area (Å²) in [7, 11) is 0. The molecule has 0 spiro atoms. The summed E-state index contributed by atoms with van der Waals surface area (Å²) in [4.78, 5) is 0. The largest absolute Gasteiger partial charge is 2.00 e. The predicted molar refractivity (Wildman–Crippen MR) is 25.9 cm³/mol. The maximum absolute atomic E-state index is 8.17. The molecule has 2 radical (unpaired) electrons. The third kappa shape index (κ3) is 17.6. The fourth-order valence-electron chi connectivity index (χ4n) is 0.0577. The third-order valence-electron chi connectivity index (χ3n) is 0.421. The molecule has 0 heterocycles. The average Bonchev–Trinajstić information content (AvgIpc) is 1.65. The van der Waals surface area contributed by atoms with Crippen LogP contribution in [0.15, 0.2) is 0 Å². The van der Waals surface area contributed by atoms with Crippen LogP contribution in [-0.4, -0.2) is 58.5 Å². The van der Waals surface area contributed by atoms with Crippen molar-refractivity contribution in [3.05, 3.63) is 0 Å². The van der Waals surface area contributed by atoms with Crippen LogP contribution in [0, 0.1) is 0 Å². The summed E-state index contributed by atoms with van der Waals surface area (Å²) in [6, 6.07) is 0. The predicted octanol–water partition coefficient (Wildman–Crippen LogP) is -8.04. The minimum atomic E-state index is -0.954. The van der Waals surface area contributed by atoms with E-state index in [0.29, 0.717) is 0 Å². The monoisotopic (exact) mass is 282 g/mol. The van der Waals surface area contributed by atoms with Crippen molar-refractivity contribution in [2.75, 3.05) is 13.2 Å². The van der Waals surface area contributed by atoms with Crippen molar-refractivity contribution < 1.29 is 40.1 Å². The first-order chi connectivity index (χ1) is 2.81. The second-order valence-electron chi connectivity index (χ2n) is 1.02. The van der Waals surface area contributed by atoms with Gasteiger partial charge in [0.2, 0.25) is 0 Å². The molecule has 0 aromatic rings. The van der Waals surface area contributed by atoms with E-state index in [1.165, 1.54) is 0 Å². The van der Waals surface area contributed by atoms with E-state index in [1.807, 2.05) is 0 Å². The summed E-state index contributed by atoms with van der Waals surface area (Å²) in [6.45, 7) is -0.729. The van der Waals surface area contributed by atoms with Crippen molar-refractivity contribution in [1.29, 1.82) is 0 Å². The summed E-state index contributed by atoms with van der Waals surface area (Å²) in [5.41, 5.74) is 0. The number of rotatable bonds is 2.